The van der Waals surface area contributed by atoms with Crippen molar-refractivity contribution in [1.29, 1.82) is 0 Å². The molecule has 0 unspecified atom stereocenters. The summed E-state index contributed by atoms with van der Waals surface area (Å²) in [6, 6.07) is 4.88. The van der Waals surface area contributed by atoms with Gasteiger partial charge in [-0.3, -0.25) is 4.79 Å². The highest BCUT2D eigenvalue weighted by atomic mass is 16.3. The Morgan fingerprint density at radius 1 is 1.33 bits per heavy atom. The van der Waals surface area contributed by atoms with E-state index in [0.717, 1.165) is 12.8 Å². The Labute approximate surface area is 106 Å². The minimum atomic E-state index is 0.0417. The molecule has 0 saturated heterocycles. The fraction of sp³-hybridized carbons (Fsp3) is 0.462. The highest BCUT2D eigenvalue weighted by molar-refractivity contribution is 5.76. The molecule has 5 nitrogen and oxygen atoms in total. The van der Waals surface area contributed by atoms with Crippen LogP contribution < -0.4 is 10.6 Å². The number of rotatable bonds is 6. The van der Waals surface area contributed by atoms with Gasteiger partial charge in [-0.1, -0.05) is 6.07 Å². The van der Waals surface area contributed by atoms with Gasteiger partial charge in [0.2, 0.25) is 5.91 Å². The van der Waals surface area contributed by atoms with Gasteiger partial charge in [0.05, 0.1) is 0 Å². The Hall–Kier alpha value is -1.75. The number of hydrogen-bond donors (Lipinski definition) is 4. The van der Waals surface area contributed by atoms with E-state index in [4.69, 9.17) is 5.11 Å². The number of phenolic OH excluding ortho intramolecular Hbond substituents is 2. The van der Waals surface area contributed by atoms with E-state index in [1.807, 2.05) is 0 Å². The molecule has 0 atom stereocenters. The summed E-state index contributed by atoms with van der Waals surface area (Å²) in [5.74, 6) is 0.171. The second-order valence-electron chi connectivity index (χ2n) is 4.58. The number of hydrogen-bond acceptors (Lipinski definition) is 4. The third-order valence-corrected chi connectivity index (χ3v) is 2.86. The van der Waals surface area contributed by atoms with Gasteiger partial charge in [-0.15, -0.1) is 0 Å². The maximum Gasteiger partial charge on any atom is 0.221 e. The topological polar surface area (TPSA) is 81.6 Å². The fourth-order valence-corrected chi connectivity index (χ4v) is 1.65. The Balaban J connectivity index is 1.66. The average molecular weight is 250 g/mol. The van der Waals surface area contributed by atoms with E-state index in [1.54, 1.807) is 6.07 Å². The molecule has 0 aliphatic heterocycles. The van der Waals surface area contributed by atoms with Crippen molar-refractivity contribution in [3.8, 4) is 11.5 Å². The second-order valence-corrected chi connectivity index (χ2v) is 4.58. The molecule has 1 aromatic rings. The molecule has 0 aromatic heterocycles. The molecule has 5 heteroatoms. The molecule has 98 valence electrons. The van der Waals surface area contributed by atoms with Gasteiger partial charge in [-0.25, -0.2) is 0 Å². The van der Waals surface area contributed by atoms with Gasteiger partial charge >= 0.3 is 0 Å². The molecule has 1 amide bonds. The summed E-state index contributed by atoms with van der Waals surface area (Å²) in [5.41, 5.74) is 0.704. The van der Waals surface area contributed by atoms with Crippen LogP contribution in [0.25, 0.3) is 0 Å². The van der Waals surface area contributed by atoms with Crippen molar-refractivity contribution in [2.75, 3.05) is 6.54 Å². The SMILES string of the molecule is O=C(CCNCc1ccc(O)cc1O)NC1CC1. The molecule has 1 aliphatic rings. The second kappa shape index (κ2) is 5.73. The molecule has 0 radical (unpaired) electrons. The third kappa shape index (κ3) is 3.92. The van der Waals surface area contributed by atoms with Crippen molar-refractivity contribution < 1.29 is 15.0 Å². The predicted molar refractivity (Wildman–Crippen MR) is 67.3 cm³/mol. The minimum Gasteiger partial charge on any atom is -0.508 e. The molecular formula is C13H18N2O3. The first-order chi connectivity index (χ1) is 8.65. The molecular weight excluding hydrogens is 232 g/mol. The first-order valence-corrected chi connectivity index (χ1v) is 6.16. The first kappa shape index (κ1) is 12.7. The summed E-state index contributed by atoms with van der Waals surface area (Å²) in [5, 5.41) is 24.7. The molecule has 4 N–H and O–H groups in total. The van der Waals surface area contributed by atoms with Crippen molar-refractivity contribution in [3.05, 3.63) is 23.8 Å². The van der Waals surface area contributed by atoms with E-state index >= 15 is 0 Å². The van der Waals surface area contributed by atoms with Gasteiger partial charge < -0.3 is 20.8 Å². The Kier molecular flexibility index (Phi) is 4.04. The normalized spacial score (nSPS) is 14.4. The summed E-state index contributed by atoms with van der Waals surface area (Å²) in [4.78, 5) is 11.4. The molecule has 2 rings (SSSR count). The zero-order chi connectivity index (χ0) is 13.0. The van der Waals surface area contributed by atoms with Crippen LogP contribution >= 0.6 is 0 Å². The van der Waals surface area contributed by atoms with Crippen molar-refractivity contribution in [3.63, 3.8) is 0 Å². The molecule has 1 fully saturated rings. The standard InChI is InChI=1S/C13H18N2O3/c16-11-4-1-9(12(17)7-11)8-14-6-5-13(18)15-10-2-3-10/h1,4,7,10,14,16-17H,2-3,5-6,8H2,(H,15,18). The maximum atomic E-state index is 11.4. The number of benzene rings is 1. The smallest absolute Gasteiger partial charge is 0.221 e. The summed E-state index contributed by atoms with van der Waals surface area (Å²) in [6.45, 7) is 1.04. The Bertz CT molecular complexity index is 430. The van der Waals surface area contributed by atoms with Crippen LogP contribution in [0.5, 0.6) is 11.5 Å². The molecule has 18 heavy (non-hydrogen) atoms. The van der Waals surface area contributed by atoms with Crippen LogP contribution in [0.2, 0.25) is 0 Å². The van der Waals surface area contributed by atoms with Crippen molar-refractivity contribution in [2.24, 2.45) is 0 Å². The summed E-state index contributed by atoms with van der Waals surface area (Å²) < 4.78 is 0. The van der Waals surface area contributed by atoms with Crippen molar-refractivity contribution >= 4 is 5.91 Å². The van der Waals surface area contributed by atoms with Crippen LogP contribution in [0.1, 0.15) is 24.8 Å². The van der Waals surface area contributed by atoms with E-state index in [-0.39, 0.29) is 17.4 Å². The number of aromatic hydroxyl groups is 2. The van der Waals surface area contributed by atoms with Crippen LogP contribution in [0, 0.1) is 0 Å². The van der Waals surface area contributed by atoms with Gasteiger partial charge in [0.15, 0.2) is 0 Å². The minimum absolute atomic E-state index is 0.0417. The third-order valence-electron chi connectivity index (χ3n) is 2.86. The van der Waals surface area contributed by atoms with E-state index in [2.05, 4.69) is 10.6 Å². The number of nitrogens with one attached hydrogen (secondary N) is 2. The summed E-state index contributed by atoms with van der Waals surface area (Å²) in [6.07, 6.45) is 2.64. The van der Waals surface area contributed by atoms with Crippen LogP contribution in [0.15, 0.2) is 18.2 Å². The molecule has 1 aromatic carbocycles. The maximum absolute atomic E-state index is 11.4. The quantitative estimate of drug-likeness (QED) is 0.564. The van der Waals surface area contributed by atoms with Crippen LogP contribution in [-0.4, -0.2) is 28.7 Å². The van der Waals surface area contributed by atoms with Gasteiger partial charge in [0, 0.05) is 37.2 Å². The molecule has 1 saturated carbocycles. The van der Waals surface area contributed by atoms with Crippen molar-refractivity contribution in [1.82, 2.24) is 10.6 Å². The van der Waals surface area contributed by atoms with E-state index in [9.17, 15) is 9.90 Å². The van der Waals surface area contributed by atoms with Gasteiger partial charge in [0.25, 0.3) is 0 Å². The average Bonchev–Trinajstić information content (AvgIpc) is 3.10. The van der Waals surface area contributed by atoms with Crippen LogP contribution in [0.4, 0.5) is 0 Å². The lowest BCUT2D eigenvalue weighted by Gasteiger charge is -2.07. The monoisotopic (exact) mass is 250 g/mol. The lowest BCUT2D eigenvalue weighted by Crippen LogP contribution is -2.28. The number of carbonyl (C=O) groups is 1. The lowest BCUT2D eigenvalue weighted by molar-refractivity contribution is -0.121. The Morgan fingerprint density at radius 2 is 2.11 bits per heavy atom. The molecule has 0 bridgehead atoms. The van der Waals surface area contributed by atoms with Gasteiger partial charge in [-0.05, 0) is 18.9 Å². The Morgan fingerprint density at radius 3 is 2.78 bits per heavy atom. The lowest BCUT2D eigenvalue weighted by atomic mass is 10.2. The van der Waals surface area contributed by atoms with E-state index < -0.39 is 0 Å². The zero-order valence-electron chi connectivity index (χ0n) is 10.1. The molecule has 0 heterocycles. The molecule has 0 spiro atoms. The summed E-state index contributed by atoms with van der Waals surface area (Å²) in [7, 11) is 0. The number of phenols is 2. The highest BCUT2D eigenvalue weighted by Crippen LogP contribution is 2.22. The van der Waals surface area contributed by atoms with E-state index in [0.29, 0.717) is 31.1 Å². The fourth-order valence-electron chi connectivity index (χ4n) is 1.65. The van der Waals surface area contributed by atoms with Crippen LogP contribution in [-0.2, 0) is 11.3 Å². The van der Waals surface area contributed by atoms with E-state index in [1.165, 1.54) is 12.1 Å². The number of amides is 1. The largest absolute Gasteiger partial charge is 0.508 e. The first-order valence-electron chi connectivity index (χ1n) is 6.16. The number of carbonyl (C=O) groups excluding carboxylic acids is 1. The molecule has 1 aliphatic carbocycles. The zero-order valence-corrected chi connectivity index (χ0v) is 10.1. The van der Waals surface area contributed by atoms with Crippen LogP contribution in [0.3, 0.4) is 0 Å². The highest BCUT2D eigenvalue weighted by Gasteiger charge is 2.22. The van der Waals surface area contributed by atoms with Gasteiger partial charge in [0.1, 0.15) is 11.5 Å². The predicted octanol–water partition coefficient (Wildman–Crippen LogP) is 0.856. The van der Waals surface area contributed by atoms with Gasteiger partial charge in [-0.2, -0.15) is 0 Å². The summed E-state index contributed by atoms with van der Waals surface area (Å²) >= 11 is 0. The van der Waals surface area contributed by atoms with Crippen molar-refractivity contribution in [2.45, 2.75) is 31.8 Å².